The van der Waals surface area contributed by atoms with Gasteiger partial charge in [-0.05, 0) is 41.8 Å². The summed E-state index contributed by atoms with van der Waals surface area (Å²) in [6.45, 7) is 1.98. The van der Waals surface area contributed by atoms with Crippen molar-refractivity contribution < 1.29 is 9.47 Å². The zero-order valence-corrected chi connectivity index (χ0v) is 21.4. The highest BCUT2D eigenvalue weighted by Crippen LogP contribution is 2.35. The summed E-state index contributed by atoms with van der Waals surface area (Å²) in [7, 11) is 0. The number of fused-ring (bicyclic) bond motifs is 1. The van der Waals surface area contributed by atoms with Gasteiger partial charge in [-0.2, -0.15) is 0 Å². The van der Waals surface area contributed by atoms with E-state index in [1.54, 1.807) is 6.20 Å². The Kier molecular flexibility index (Phi) is 6.90. The number of hydrogen-bond acceptors (Lipinski definition) is 6. The number of benzene rings is 3. The topological polar surface area (TPSA) is 93.0 Å². The van der Waals surface area contributed by atoms with E-state index in [0.717, 1.165) is 57.9 Å². The van der Waals surface area contributed by atoms with Crippen molar-refractivity contribution in [2.45, 2.75) is 19.6 Å². The summed E-state index contributed by atoms with van der Waals surface area (Å²) < 4.78 is 16.1. The third-order valence-corrected chi connectivity index (χ3v) is 6.51. The Morgan fingerprint density at radius 1 is 0.846 bits per heavy atom. The van der Waals surface area contributed by atoms with Crippen LogP contribution >= 0.6 is 0 Å². The van der Waals surface area contributed by atoms with Gasteiger partial charge >= 0.3 is 0 Å². The number of imidazole rings is 1. The number of aryl methyl sites for hydroxylation is 1. The van der Waals surface area contributed by atoms with Gasteiger partial charge in [-0.15, -0.1) is 0 Å². The lowest BCUT2D eigenvalue weighted by Gasteiger charge is -2.10. The Hall–Kier alpha value is -5.11. The van der Waals surface area contributed by atoms with Gasteiger partial charge in [0.05, 0.1) is 24.0 Å². The van der Waals surface area contributed by atoms with Crippen LogP contribution in [0.4, 0.5) is 5.82 Å². The summed E-state index contributed by atoms with van der Waals surface area (Å²) in [5.41, 5.74) is 11.1. The van der Waals surface area contributed by atoms with Gasteiger partial charge in [0, 0.05) is 36.8 Å². The molecule has 8 heteroatoms. The number of hydrogen-bond donors (Lipinski definition) is 1. The van der Waals surface area contributed by atoms with Crippen molar-refractivity contribution >= 4 is 16.9 Å². The molecular formula is C31H28N6O2. The van der Waals surface area contributed by atoms with Crippen LogP contribution in [0.15, 0.2) is 110 Å². The number of aromatic nitrogens is 5. The zero-order chi connectivity index (χ0) is 26.4. The summed E-state index contributed by atoms with van der Waals surface area (Å²) >= 11 is 0. The van der Waals surface area contributed by atoms with Crippen LogP contribution in [0.25, 0.3) is 27.8 Å². The molecule has 0 aliphatic heterocycles. The molecule has 6 rings (SSSR count). The largest absolute Gasteiger partial charge is 0.493 e. The maximum absolute atomic E-state index is 6.36. The van der Waals surface area contributed by atoms with Gasteiger partial charge in [0.15, 0.2) is 5.65 Å². The van der Waals surface area contributed by atoms with Gasteiger partial charge in [-0.3, -0.25) is 0 Å². The first kappa shape index (κ1) is 24.2. The fourth-order valence-electron chi connectivity index (χ4n) is 4.55. The molecule has 0 aliphatic carbocycles. The number of nitrogen functional groups attached to an aromatic ring is 1. The second kappa shape index (κ2) is 11.1. The van der Waals surface area contributed by atoms with Crippen LogP contribution < -0.4 is 15.2 Å². The normalized spacial score (nSPS) is 11.1. The van der Waals surface area contributed by atoms with Gasteiger partial charge in [0.2, 0.25) is 0 Å². The molecule has 0 radical (unpaired) electrons. The van der Waals surface area contributed by atoms with Crippen LogP contribution in [0.5, 0.6) is 11.5 Å². The van der Waals surface area contributed by atoms with E-state index in [0.29, 0.717) is 19.0 Å². The number of nitrogens with two attached hydrogens (primary N) is 1. The van der Waals surface area contributed by atoms with E-state index >= 15 is 0 Å². The Bertz CT molecular complexity index is 1660. The lowest BCUT2D eigenvalue weighted by atomic mass is 10.1. The molecule has 8 nitrogen and oxygen atoms in total. The molecule has 3 heterocycles. The zero-order valence-electron chi connectivity index (χ0n) is 21.4. The van der Waals surface area contributed by atoms with Crippen molar-refractivity contribution in [2.75, 3.05) is 12.3 Å². The molecule has 0 saturated heterocycles. The summed E-state index contributed by atoms with van der Waals surface area (Å²) in [6.07, 6.45) is 9.97. The Balaban J connectivity index is 1.23. The first-order chi connectivity index (χ1) is 19.2. The van der Waals surface area contributed by atoms with Gasteiger partial charge in [0.25, 0.3) is 0 Å². The molecule has 0 aliphatic rings. The van der Waals surface area contributed by atoms with Crippen molar-refractivity contribution in [3.63, 3.8) is 0 Å². The van der Waals surface area contributed by atoms with Crippen LogP contribution in [0.1, 0.15) is 12.0 Å². The number of rotatable bonds is 10. The van der Waals surface area contributed by atoms with Crippen molar-refractivity contribution in [2.24, 2.45) is 0 Å². The Morgan fingerprint density at radius 2 is 1.72 bits per heavy atom. The lowest BCUT2D eigenvalue weighted by molar-refractivity contribution is 0.301. The monoisotopic (exact) mass is 516 g/mol. The quantitative estimate of drug-likeness (QED) is 0.227. The summed E-state index contributed by atoms with van der Waals surface area (Å²) in [4.78, 5) is 12.9. The fourth-order valence-corrected chi connectivity index (χ4v) is 4.55. The third kappa shape index (κ3) is 5.45. The Labute approximate surface area is 226 Å². The predicted molar refractivity (Wildman–Crippen MR) is 152 cm³/mol. The fraction of sp³-hybridized carbons (Fsp3) is 0.129. The third-order valence-electron chi connectivity index (χ3n) is 6.51. The molecule has 0 spiro atoms. The van der Waals surface area contributed by atoms with E-state index in [2.05, 4.69) is 15.0 Å². The van der Waals surface area contributed by atoms with Gasteiger partial charge in [0.1, 0.15) is 30.3 Å². The maximum Gasteiger partial charge on any atom is 0.150 e. The number of anilines is 1. The lowest BCUT2D eigenvalue weighted by Crippen LogP contribution is -2.03. The van der Waals surface area contributed by atoms with E-state index in [1.807, 2.05) is 107 Å². The Morgan fingerprint density at radius 3 is 2.54 bits per heavy atom. The van der Waals surface area contributed by atoms with E-state index in [1.165, 1.54) is 6.33 Å². The highest BCUT2D eigenvalue weighted by Gasteiger charge is 2.16. The highest BCUT2D eigenvalue weighted by molar-refractivity contribution is 6.01. The molecule has 0 saturated carbocycles. The molecular weight excluding hydrogens is 488 g/mol. The van der Waals surface area contributed by atoms with Crippen LogP contribution in [0.2, 0.25) is 0 Å². The van der Waals surface area contributed by atoms with Gasteiger partial charge in [-0.1, -0.05) is 48.5 Å². The smallest absolute Gasteiger partial charge is 0.150 e. The van der Waals surface area contributed by atoms with E-state index in [-0.39, 0.29) is 0 Å². The molecule has 6 aromatic rings. The van der Waals surface area contributed by atoms with Gasteiger partial charge in [-0.25, -0.2) is 15.0 Å². The van der Waals surface area contributed by atoms with Crippen LogP contribution in [0.3, 0.4) is 0 Å². The maximum atomic E-state index is 6.36. The minimum Gasteiger partial charge on any atom is -0.493 e. The van der Waals surface area contributed by atoms with Crippen molar-refractivity contribution in [3.8, 4) is 28.3 Å². The first-order valence-corrected chi connectivity index (χ1v) is 12.8. The molecule has 0 bridgehead atoms. The predicted octanol–water partition coefficient (Wildman–Crippen LogP) is 5.91. The van der Waals surface area contributed by atoms with Crippen LogP contribution in [-0.4, -0.2) is 30.7 Å². The molecule has 194 valence electrons. The van der Waals surface area contributed by atoms with Crippen LogP contribution in [-0.2, 0) is 13.2 Å². The van der Waals surface area contributed by atoms with Crippen molar-refractivity contribution in [1.82, 2.24) is 24.1 Å². The molecule has 3 aromatic carbocycles. The van der Waals surface area contributed by atoms with E-state index in [4.69, 9.17) is 15.2 Å². The molecule has 2 N–H and O–H groups in total. The van der Waals surface area contributed by atoms with Crippen molar-refractivity contribution in [3.05, 3.63) is 116 Å². The minimum absolute atomic E-state index is 0.435. The minimum atomic E-state index is 0.435. The number of nitrogens with zero attached hydrogens (tertiary/aromatic N) is 5. The standard InChI is InChI=1S/C31H28N6O2/c32-30-29-28(24-10-12-26(13-11-24)39-20-23-6-2-1-3-7-23)19-37(31(29)35-21-34-30)25-8-4-9-27(18-25)38-17-5-15-36-16-14-33-22-36/h1-4,6-14,16,18-19,21-22H,5,15,17,20H2,(H2,32,34,35). The van der Waals surface area contributed by atoms with E-state index in [9.17, 15) is 0 Å². The average Bonchev–Trinajstić information content (AvgIpc) is 3.64. The first-order valence-electron chi connectivity index (χ1n) is 12.8. The molecule has 0 fully saturated rings. The SMILES string of the molecule is Nc1ncnc2c1c(-c1ccc(OCc3ccccc3)cc1)cn2-c1cccc(OCCCn2ccnc2)c1. The number of ether oxygens (including phenoxy) is 2. The molecule has 0 unspecified atom stereocenters. The molecule has 0 amide bonds. The summed E-state index contributed by atoms with van der Waals surface area (Å²) in [5.74, 6) is 2.03. The second-order valence-corrected chi connectivity index (χ2v) is 9.17. The van der Waals surface area contributed by atoms with E-state index < -0.39 is 0 Å². The highest BCUT2D eigenvalue weighted by atomic mass is 16.5. The van der Waals surface area contributed by atoms with Gasteiger partial charge < -0.3 is 24.3 Å². The van der Waals surface area contributed by atoms with Crippen LogP contribution in [0, 0.1) is 0 Å². The average molecular weight is 517 g/mol. The summed E-state index contributed by atoms with van der Waals surface area (Å²) in [5, 5.41) is 0.808. The summed E-state index contributed by atoms with van der Waals surface area (Å²) in [6, 6.07) is 26.1. The second-order valence-electron chi connectivity index (χ2n) is 9.17. The molecule has 39 heavy (non-hydrogen) atoms. The molecule has 0 atom stereocenters. The molecule has 3 aromatic heterocycles. The van der Waals surface area contributed by atoms with Crippen molar-refractivity contribution in [1.29, 1.82) is 0 Å².